The van der Waals surface area contributed by atoms with Gasteiger partial charge in [0.2, 0.25) is 0 Å². The Balaban J connectivity index is 1.86. The summed E-state index contributed by atoms with van der Waals surface area (Å²) >= 11 is 0. The molecule has 16 heavy (non-hydrogen) atoms. The number of hydrogen-bond donors (Lipinski definition) is 2. The first-order valence-electron chi connectivity index (χ1n) is 6.15. The molecule has 1 aromatic heterocycles. The number of hydrogen-bond acceptors (Lipinski definition) is 3. The number of rotatable bonds is 4. The van der Waals surface area contributed by atoms with E-state index in [2.05, 4.69) is 22.7 Å². The van der Waals surface area contributed by atoms with E-state index in [-0.39, 0.29) is 0 Å². The molecule has 0 amide bonds. The van der Waals surface area contributed by atoms with Gasteiger partial charge in [-0.2, -0.15) is 5.10 Å². The van der Waals surface area contributed by atoms with E-state index >= 15 is 0 Å². The van der Waals surface area contributed by atoms with Crippen molar-refractivity contribution in [3.05, 3.63) is 11.9 Å². The van der Waals surface area contributed by atoms with Crippen LogP contribution in [0.3, 0.4) is 0 Å². The van der Waals surface area contributed by atoms with E-state index < -0.39 is 0 Å². The molecule has 0 saturated carbocycles. The quantitative estimate of drug-likeness (QED) is 0.814. The minimum atomic E-state index is 0.499. The van der Waals surface area contributed by atoms with E-state index in [1.54, 1.807) is 0 Å². The van der Waals surface area contributed by atoms with Gasteiger partial charge in [0, 0.05) is 25.3 Å². The first-order valence-corrected chi connectivity index (χ1v) is 6.15. The summed E-state index contributed by atoms with van der Waals surface area (Å²) in [4.78, 5) is 0. The Morgan fingerprint density at radius 3 is 3.06 bits per heavy atom. The van der Waals surface area contributed by atoms with E-state index in [9.17, 15) is 0 Å². The Morgan fingerprint density at radius 1 is 1.69 bits per heavy atom. The molecule has 0 spiro atoms. The van der Waals surface area contributed by atoms with Crippen LogP contribution in [0.2, 0.25) is 0 Å². The van der Waals surface area contributed by atoms with Crippen LogP contribution in [0.1, 0.15) is 31.9 Å². The summed E-state index contributed by atoms with van der Waals surface area (Å²) in [5.74, 6) is 0. The Morgan fingerprint density at radius 2 is 2.50 bits per heavy atom. The van der Waals surface area contributed by atoms with Gasteiger partial charge in [-0.1, -0.05) is 0 Å². The van der Waals surface area contributed by atoms with Gasteiger partial charge in [-0.25, -0.2) is 0 Å². The molecule has 4 heteroatoms. The first-order chi connectivity index (χ1) is 7.65. The highest BCUT2D eigenvalue weighted by atomic mass is 15.3. The normalized spacial score (nSPS) is 22.3. The molecule has 90 valence electrons. The molecular weight excluding hydrogens is 200 g/mol. The topological polar surface area (TPSA) is 41.9 Å². The van der Waals surface area contributed by atoms with Crippen LogP contribution in [0.15, 0.2) is 6.20 Å². The molecule has 1 aliphatic heterocycles. The molecule has 0 aliphatic carbocycles. The summed E-state index contributed by atoms with van der Waals surface area (Å²) < 4.78 is 1.86. The fourth-order valence-corrected chi connectivity index (χ4v) is 2.45. The van der Waals surface area contributed by atoms with Crippen molar-refractivity contribution in [2.24, 2.45) is 7.05 Å². The molecule has 2 N–H and O–H groups in total. The highest BCUT2D eigenvalue weighted by Crippen LogP contribution is 2.17. The highest BCUT2D eigenvalue weighted by molar-refractivity contribution is 5.46. The molecule has 0 radical (unpaired) electrons. The van der Waals surface area contributed by atoms with E-state index in [0.29, 0.717) is 12.1 Å². The molecule has 1 aromatic rings. The van der Waals surface area contributed by atoms with Crippen LogP contribution in [0.5, 0.6) is 0 Å². The zero-order valence-electron chi connectivity index (χ0n) is 10.5. The molecule has 0 aromatic carbocycles. The van der Waals surface area contributed by atoms with Crippen molar-refractivity contribution in [2.45, 2.75) is 45.2 Å². The third-order valence-electron chi connectivity index (χ3n) is 3.22. The number of aromatic nitrogens is 2. The van der Waals surface area contributed by atoms with Crippen molar-refractivity contribution in [2.75, 3.05) is 11.9 Å². The molecule has 2 heterocycles. The van der Waals surface area contributed by atoms with E-state index in [0.717, 1.165) is 11.4 Å². The lowest BCUT2D eigenvalue weighted by Crippen LogP contribution is -2.29. The van der Waals surface area contributed by atoms with Gasteiger partial charge in [0.25, 0.3) is 0 Å². The van der Waals surface area contributed by atoms with Crippen LogP contribution in [-0.2, 0) is 7.05 Å². The summed E-state index contributed by atoms with van der Waals surface area (Å²) in [6.07, 6.45) is 5.88. The fourth-order valence-electron chi connectivity index (χ4n) is 2.45. The number of nitrogens with one attached hydrogen (secondary N) is 2. The van der Waals surface area contributed by atoms with Crippen molar-refractivity contribution < 1.29 is 0 Å². The van der Waals surface area contributed by atoms with Crippen LogP contribution in [0.4, 0.5) is 5.69 Å². The standard InChI is InChI=1S/C12H22N4/c1-9(7-11-5-4-6-13-11)14-12-8-16(3)15-10(12)2/h8-9,11,13-14H,4-7H2,1-3H3. The second-order valence-electron chi connectivity index (χ2n) is 4.88. The first kappa shape index (κ1) is 11.5. The Kier molecular flexibility index (Phi) is 3.49. The van der Waals surface area contributed by atoms with Crippen LogP contribution >= 0.6 is 0 Å². The number of aryl methyl sites for hydroxylation is 2. The number of nitrogens with zero attached hydrogens (tertiary/aromatic N) is 2. The second kappa shape index (κ2) is 4.87. The third kappa shape index (κ3) is 2.76. The van der Waals surface area contributed by atoms with Gasteiger partial charge in [-0.3, -0.25) is 4.68 Å². The predicted octanol–water partition coefficient (Wildman–Crippen LogP) is 1.67. The molecular formula is C12H22N4. The Bertz CT molecular complexity index is 339. The zero-order valence-corrected chi connectivity index (χ0v) is 10.5. The maximum absolute atomic E-state index is 4.33. The van der Waals surface area contributed by atoms with Crippen LogP contribution in [-0.4, -0.2) is 28.4 Å². The van der Waals surface area contributed by atoms with E-state index in [1.807, 2.05) is 24.9 Å². The third-order valence-corrected chi connectivity index (χ3v) is 3.22. The van der Waals surface area contributed by atoms with Gasteiger partial charge in [0.05, 0.1) is 11.4 Å². The minimum Gasteiger partial charge on any atom is -0.380 e. The van der Waals surface area contributed by atoms with Crippen molar-refractivity contribution in [1.29, 1.82) is 0 Å². The molecule has 1 saturated heterocycles. The predicted molar refractivity (Wildman–Crippen MR) is 66.7 cm³/mol. The smallest absolute Gasteiger partial charge is 0.0825 e. The van der Waals surface area contributed by atoms with Crippen molar-refractivity contribution >= 4 is 5.69 Å². The monoisotopic (exact) mass is 222 g/mol. The summed E-state index contributed by atoms with van der Waals surface area (Å²) in [6, 6.07) is 1.19. The van der Waals surface area contributed by atoms with Crippen LogP contribution in [0, 0.1) is 6.92 Å². The lowest BCUT2D eigenvalue weighted by atomic mass is 10.1. The molecule has 1 fully saturated rings. The van der Waals surface area contributed by atoms with E-state index in [4.69, 9.17) is 0 Å². The van der Waals surface area contributed by atoms with Gasteiger partial charge in [-0.15, -0.1) is 0 Å². The van der Waals surface area contributed by atoms with Gasteiger partial charge < -0.3 is 10.6 Å². The zero-order chi connectivity index (χ0) is 11.5. The number of anilines is 1. The van der Waals surface area contributed by atoms with Crippen molar-refractivity contribution in [1.82, 2.24) is 15.1 Å². The molecule has 2 atom stereocenters. The summed E-state index contributed by atoms with van der Waals surface area (Å²) in [5.41, 5.74) is 2.24. The molecule has 1 aliphatic rings. The van der Waals surface area contributed by atoms with Crippen LogP contribution < -0.4 is 10.6 Å². The average Bonchev–Trinajstić information content (AvgIpc) is 2.78. The van der Waals surface area contributed by atoms with Gasteiger partial charge >= 0.3 is 0 Å². The van der Waals surface area contributed by atoms with Crippen LogP contribution in [0.25, 0.3) is 0 Å². The molecule has 2 unspecified atom stereocenters. The summed E-state index contributed by atoms with van der Waals surface area (Å²) in [6.45, 7) is 5.47. The van der Waals surface area contributed by atoms with E-state index in [1.165, 1.54) is 25.8 Å². The lowest BCUT2D eigenvalue weighted by molar-refractivity contribution is 0.523. The summed E-state index contributed by atoms with van der Waals surface area (Å²) in [5, 5.41) is 11.4. The van der Waals surface area contributed by atoms with Gasteiger partial charge in [0.1, 0.15) is 0 Å². The Labute approximate surface area is 97.4 Å². The van der Waals surface area contributed by atoms with Crippen molar-refractivity contribution in [3.8, 4) is 0 Å². The average molecular weight is 222 g/mol. The highest BCUT2D eigenvalue weighted by Gasteiger charge is 2.17. The van der Waals surface area contributed by atoms with Gasteiger partial charge in [-0.05, 0) is 39.7 Å². The maximum atomic E-state index is 4.33. The second-order valence-corrected chi connectivity index (χ2v) is 4.88. The van der Waals surface area contributed by atoms with Crippen molar-refractivity contribution in [3.63, 3.8) is 0 Å². The SMILES string of the molecule is Cc1nn(C)cc1NC(C)CC1CCCN1. The van der Waals surface area contributed by atoms with Gasteiger partial charge in [0.15, 0.2) is 0 Å². The minimum absolute atomic E-state index is 0.499. The molecule has 2 rings (SSSR count). The Hall–Kier alpha value is -1.03. The fraction of sp³-hybridized carbons (Fsp3) is 0.750. The molecule has 0 bridgehead atoms. The maximum Gasteiger partial charge on any atom is 0.0825 e. The summed E-state index contributed by atoms with van der Waals surface area (Å²) in [7, 11) is 1.96. The largest absolute Gasteiger partial charge is 0.380 e. The lowest BCUT2D eigenvalue weighted by Gasteiger charge is -2.18. The molecule has 4 nitrogen and oxygen atoms in total.